The third kappa shape index (κ3) is 4.66. The Bertz CT molecular complexity index is 791. The molecule has 138 valence electrons. The van der Waals surface area contributed by atoms with Crippen molar-refractivity contribution >= 4 is 12.4 Å². The predicted octanol–water partition coefficient (Wildman–Crippen LogP) is 2.43. The molecule has 0 bridgehead atoms. The highest BCUT2D eigenvalue weighted by Gasteiger charge is 2.18. The zero-order valence-electron chi connectivity index (χ0n) is 14.8. The predicted molar refractivity (Wildman–Crippen MR) is 99.4 cm³/mol. The molecule has 2 rings (SSSR count). The smallest absolute Gasteiger partial charge is 0.271 e. The van der Waals surface area contributed by atoms with Crippen molar-refractivity contribution in [3.05, 3.63) is 51.1 Å². The van der Waals surface area contributed by atoms with Crippen LogP contribution in [0.15, 0.2) is 23.0 Å². The van der Waals surface area contributed by atoms with Gasteiger partial charge in [-0.2, -0.15) is 5.10 Å². The monoisotopic (exact) mass is 369 g/mol. The number of hydrogen-bond acceptors (Lipinski definition) is 4. The van der Waals surface area contributed by atoms with Crippen LogP contribution in [0.4, 0.5) is 4.39 Å². The lowest BCUT2D eigenvalue weighted by Gasteiger charge is -2.17. The van der Waals surface area contributed by atoms with Gasteiger partial charge in [-0.1, -0.05) is 13.8 Å². The van der Waals surface area contributed by atoms with Gasteiger partial charge in [0.1, 0.15) is 5.82 Å². The first-order valence-electron chi connectivity index (χ1n) is 8.09. The molecule has 1 aromatic carbocycles. The van der Waals surface area contributed by atoms with Gasteiger partial charge in [-0.05, 0) is 48.6 Å². The second-order valence-electron chi connectivity index (χ2n) is 6.33. The molecule has 7 heteroatoms. The fraction of sp³-hybridized carbons (Fsp3) is 0.444. The first-order chi connectivity index (χ1) is 11.4. The summed E-state index contributed by atoms with van der Waals surface area (Å²) in [6.45, 7) is 6.10. The van der Waals surface area contributed by atoms with Crippen LogP contribution >= 0.6 is 12.4 Å². The van der Waals surface area contributed by atoms with Gasteiger partial charge >= 0.3 is 0 Å². The van der Waals surface area contributed by atoms with E-state index in [1.807, 2.05) is 13.8 Å². The Labute approximate surface area is 153 Å². The van der Waals surface area contributed by atoms with Gasteiger partial charge in [0.05, 0.1) is 5.69 Å². The van der Waals surface area contributed by atoms with Gasteiger partial charge in [0.25, 0.3) is 5.56 Å². The largest absolute Gasteiger partial charge is 0.396 e. The van der Waals surface area contributed by atoms with Crippen LogP contribution in [0, 0.1) is 18.7 Å². The van der Waals surface area contributed by atoms with Crippen molar-refractivity contribution in [1.82, 2.24) is 9.78 Å². The Morgan fingerprint density at radius 3 is 2.52 bits per heavy atom. The molecular formula is C18H25ClFN3O2. The fourth-order valence-corrected chi connectivity index (χ4v) is 2.74. The topological polar surface area (TPSA) is 81.1 Å². The van der Waals surface area contributed by atoms with Gasteiger partial charge in [-0.15, -0.1) is 12.4 Å². The molecule has 0 radical (unpaired) electrons. The first-order valence-corrected chi connectivity index (χ1v) is 8.09. The van der Waals surface area contributed by atoms with Crippen LogP contribution < -0.4 is 11.3 Å². The van der Waals surface area contributed by atoms with Crippen molar-refractivity contribution in [3.63, 3.8) is 0 Å². The number of aromatic nitrogens is 2. The normalized spacial score (nSPS) is 10.8. The van der Waals surface area contributed by atoms with Gasteiger partial charge < -0.3 is 10.8 Å². The molecule has 2 aromatic rings. The van der Waals surface area contributed by atoms with Crippen LogP contribution in [-0.4, -0.2) is 21.5 Å². The number of aryl methyl sites for hydroxylation is 1. The van der Waals surface area contributed by atoms with Gasteiger partial charge in [0.2, 0.25) is 0 Å². The lowest BCUT2D eigenvalue weighted by atomic mass is 9.98. The molecule has 0 saturated carbocycles. The summed E-state index contributed by atoms with van der Waals surface area (Å²) in [4.78, 5) is 12.6. The average molecular weight is 370 g/mol. The number of nitrogens with two attached hydrogens (primary N) is 1. The lowest BCUT2D eigenvalue weighted by Crippen LogP contribution is -2.32. The van der Waals surface area contributed by atoms with E-state index in [0.717, 1.165) is 0 Å². The van der Waals surface area contributed by atoms with E-state index in [2.05, 4.69) is 5.10 Å². The Morgan fingerprint density at radius 1 is 1.32 bits per heavy atom. The van der Waals surface area contributed by atoms with Crippen molar-refractivity contribution < 1.29 is 9.50 Å². The molecule has 0 fully saturated rings. The lowest BCUT2D eigenvalue weighted by molar-refractivity contribution is 0.299. The van der Waals surface area contributed by atoms with Crippen molar-refractivity contribution in [3.8, 4) is 11.3 Å². The number of halogens is 2. The van der Waals surface area contributed by atoms with E-state index in [1.54, 1.807) is 19.1 Å². The second-order valence-corrected chi connectivity index (χ2v) is 6.33. The van der Waals surface area contributed by atoms with Crippen molar-refractivity contribution in [1.29, 1.82) is 0 Å². The molecule has 0 unspecified atom stereocenters. The number of aliphatic hydroxyl groups is 1. The van der Waals surface area contributed by atoms with E-state index in [4.69, 9.17) is 5.73 Å². The minimum Gasteiger partial charge on any atom is -0.396 e. The molecule has 0 aliphatic carbocycles. The quantitative estimate of drug-likeness (QED) is 0.819. The van der Waals surface area contributed by atoms with Crippen LogP contribution in [0.3, 0.4) is 0 Å². The Hall–Kier alpha value is -1.76. The molecule has 0 saturated heterocycles. The molecule has 3 N–H and O–H groups in total. The standard InChI is InChI=1S/C18H24FN3O2.ClH/c1-11(2)10-22-18(24)15(9-20)14(6-7-23)17(21-22)13-4-5-16(19)12(3)8-13;/h4-5,8,11,23H,6-7,9-10,20H2,1-3H3;1H. The Kier molecular flexibility index (Phi) is 7.73. The minimum atomic E-state index is -0.294. The number of aliphatic hydroxyl groups excluding tert-OH is 1. The molecule has 1 aromatic heterocycles. The summed E-state index contributed by atoms with van der Waals surface area (Å²) < 4.78 is 15.0. The van der Waals surface area contributed by atoms with E-state index in [0.29, 0.717) is 34.5 Å². The van der Waals surface area contributed by atoms with Crippen LogP contribution in [0.5, 0.6) is 0 Å². The van der Waals surface area contributed by atoms with Crippen molar-refractivity contribution in [2.45, 2.75) is 40.3 Å². The molecule has 0 aliphatic rings. The van der Waals surface area contributed by atoms with E-state index in [9.17, 15) is 14.3 Å². The molecule has 0 atom stereocenters. The molecule has 1 heterocycles. The Morgan fingerprint density at radius 2 is 2.00 bits per heavy atom. The zero-order chi connectivity index (χ0) is 17.9. The van der Waals surface area contributed by atoms with Gasteiger partial charge in [0.15, 0.2) is 0 Å². The van der Waals surface area contributed by atoms with Crippen LogP contribution in [0.25, 0.3) is 11.3 Å². The molecule has 0 aliphatic heterocycles. The third-order valence-electron chi connectivity index (χ3n) is 3.90. The summed E-state index contributed by atoms with van der Waals surface area (Å²) in [5, 5.41) is 13.9. The summed E-state index contributed by atoms with van der Waals surface area (Å²) in [6.07, 6.45) is 0.281. The van der Waals surface area contributed by atoms with Crippen molar-refractivity contribution in [2.75, 3.05) is 6.61 Å². The molecule has 5 nitrogen and oxygen atoms in total. The maximum absolute atomic E-state index is 13.6. The second kappa shape index (κ2) is 9.08. The summed E-state index contributed by atoms with van der Waals surface area (Å²) in [5.74, 6) is -0.0515. The van der Waals surface area contributed by atoms with Gasteiger partial charge in [0, 0.05) is 30.8 Å². The minimum absolute atomic E-state index is 0. The molecule has 0 amide bonds. The van der Waals surface area contributed by atoms with Crippen LogP contribution in [-0.2, 0) is 19.5 Å². The van der Waals surface area contributed by atoms with E-state index < -0.39 is 0 Å². The van der Waals surface area contributed by atoms with Gasteiger partial charge in [-0.25, -0.2) is 9.07 Å². The number of nitrogens with zero attached hydrogens (tertiary/aromatic N) is 2. The fourth-order valence-electron chi connectivity index (χ4n) is 2.74. The highest BCUT2D eigenvalue weighted by Crippen LogP contribution is 2.25. The highest BCUT2D eigenvalue weighted by molar-refractivity contribution is 5.85. The first kappa shape index (κ1) is 21.3. The molecule has 25 heavy (non-hydrogen) atoms. The highest BCUT2D eigenvalue weighted by atomic mass is 35.5. The summed E-state index contributed by atoms with van der Waals surface area (Å²) in [6, 6.07) is 4.72. The third-order valence-corrected chi connectivity index (χ3v) is 3.90. The van der Waals surface area contributed by atoms with E-state index in [1.165, 1.54) is 10.7 Å². The van der Waals surface area contributed by atoms with Crippen molar-refractivity contribution in [2.24, 2.45) is 11.7 Å². The van der Waals surface area contributed by atoms with E-state index >= 15 is 0 Å². The number of hydrogen-bond donors (Lipinski definition) is 2. The maximum Gasteiger partial charge on any atom is 0.271 e. The average Bonchev–Trinajstić information content (AvgIpc) is 2.53. The summed E-state index contributed by atoms with van der Waals surface area (Å²) >= 11 is 0. The van der Waals surface area contributed by atoms with Gasteiger partial charge in [-0.3, -0.25) is 4.79 Å². The zero-order valence-corrected chi connectivity index (χ0v) is 15.6. The molecular weight excluding hydrogens is 345 g/mol. The summed E-state index contributed by atoms with van der Waals surface area (Å²) in [5.41, 5.74) is 8.45. The van der Waals surface area contributed by atoms with Crippen LogP contribution in [0.1, 0.15) is 30.5 Å². The SMILES string of the molecule is Cc1cc(-c2nn(CC(C)C)c(=O)c(CN)c2CCO)ccc1F.Cl. The number of rotatable bonds is 6. The van der Waals surface area contributed by atoms with Crippen LogP contribution in [0.2, 0.25) is 0 Å². The maximum atomic E-state index is 13.6. The molecule has 0 spiro atoms. The Balaban J connectivity index is 0.00000312. The number of benzene rings is 1. The summed E-state index contributed by atoms with van der Waals surface area (Å²) in [7, 11) is 0. The van der Waals surface area contributed by atoms with E-state index in [-0.39, 0.29) is 49.3 Å².